The van der Waals surface area contributed by atoms with Crippen LogP contribution in [0, 0.1) is 0 Å². The fourth-order valence-electron chi connectivity index (χ4n) is 2.76. The molecule has 0 aromatic heterocycles. The molecule has 0 saturated carbocycles. The van der Waals surface area contributed by atoms with Crippen LogP contribution in [-0.2, 0) is 22.3 Å². The Kier molecular flexibility index (Phi) is 5.37. The van der Waals surface area contributed by atoms with Gasteiger partial charge >= 0.3 is 0 Å². The first-order chi connectivity index (χ1) is 9.89. The maximum atomic E-state index is 12.3. The molecular weight excluding hydrogens is 286 g/mol. The number of rotatable bonds is 5. The second-order valence-corrected chi connectivity index (χ2v) is 7.71. The van der Waals surface area contributed by atoms with E-state index < -0.39 is 10.0 Å². The lowest BCUT2D eigenvalue weighted by Crippen LogP contribution is -2.47. The molecule has 1 aliphatic rings. The second-order valence-electron chi connectivity index (χ2n) is 5.95. The zero-order valence-corrected chi connectivity index (χ0v) is 13.6. The van der Waals surface area contributed by atoms with Gasteiger partial charge in [0.2, 0.25) is 10.0 Å². The number of piperidine rings is 1. The molecule has 0 bridgehead atoms. The molecule has 2 atom stereocenters. The third kappa shape index (κ3) is 4.78. The van der Waals surface area contributed by atoms with Gasteiger partial charge in [0, 0.05) is 18.6 Å². The fourth-order valence-corrected chi connectivity index (χ4v) is 4.18. The Hall–Kier alpha value is -0.950. The van der Waals surface area contributed by atoms with Crippen molar-refractivity contribution in [2.24, 2.45) is 5.73 Å². The van der Waals surface area contributed by atoms with Crippen LogP contribution in [0.1, 0.15) is 30.9 Å². The molecule has 3 N–H and O–H groups in total. The van der Waals surface area contributed by atoms with E-state index in [2.05, 4.69) is 23.6 Å². The standard InChI is InChI=1S/C15H25N3O2S/c1-12-8-15(6-7-18(12)2)17-21(19,20)11-14-5-3-4-13(9-14)10-16/h3-5,9,12,15,17H,6-8,10-11,16H2,1-2H3. The van der Waals surface area contributed by atoms with Crippen molar-refractivity contribution in [2.75, 3.05) is 13.6 Å². The molecule has 0 amide bonds. The molecule has 5 nitrogen and oxygen atoms in total. The van der Waals surface area contributed by atoms with Gasteiger partial charge in [-0.3, -0.25) is 0 Å². The summed E-state index contributed by atoms with van der Waals surface area (Å²) in [5.74, 6) is 0.0154. The SMILES string of the molecule is CC1CC(NS(=O)(=O)Cc2cccc(CN)c2)CCN1C. The lowest BCUT2D eigenvalue weighted by atomic mass is 10.0. The zero-order valence-electron chi connectivity index (χ0n) is 12.7. The van der Waals surface area contributed by atoms with E-state index in [-0.39, 0.29) is 11.8 Å². The highest BCUT2D eigenvalue weighted by atomic mass is 32.2. The molecule has 1 aromatic carbocycles. The van der Waals surface area contributed by atoms with Crippen molar-refractivity contribution in [3.8, 4) is 0 Å². The average Bonchev–Trinajstić information content (AvgIpc) is 2.42. The summed E-state index contributed by atoms with van der Waals surface area (Å²) in [6.45, 7) is 3.48. The molecule has 0 aliphatic carbocycles. The second kappa shape index (κ2) is 6.87. The van der Waals surface area contributed by atoms with Gasteiger partial charge in [-0.05, 0) is 44.5 Å². The molecule has 1 aromatic rings. The van der Waals surface area contributed by atoms with E-state index in [1.165, 1.54) is 0 Å². The maximum Gasteiger partial charge on any atom is 0.216 e. The first-order valence-electron chi connectivity index (χ1n) is 7.38. The summed E-state index contributed by atoms with van der Waals surface area (Å²) in [7, 11) is -1.23. The molecule has 118 valence electrons. The summed E-state index contributed by atoms with van der Waals surface area (Å²) < 4.78 is 27.4. The third-order valence-electron chi connectivity index (χ3n) is 4.14. The van der Waals surface area contributed by atoms with Crippen LogP contribution >= 0.6 is 0 Å². The first-order valence-corrected chi connectivity index (χ1v) is 9.03. The van der Waals surface area contributed by atoms with E-state index in [1.807, 2.05) is 24.3 Å². The summed E-state index contributed by atoms with van der Waals surface area (Å²) >= 11 is 0. The van der Waals surface area contributed by atoms with Gasteiger partial charge in [0.15, 0.2) is 0 Å². The molecule has 0 spiro atoms. The minimum atomic E-state index is -3.31. The van der Waals surface area contributed by atoms with Gasteiger partial charge in [-0.2, -0.15) is 0 Å². The van der Waals surface area contributed by atoms with Crippen LogP contribution in [0.25, 0.3) is 0 Å². The van der Waals surface area contributed by atoms with E-state index in [4.69, 9.17) is 5.73 Å². The zero-order chi connectivity index (χ0) is 15.5. The summed E-state index contributed by atoms with van der Waals surface area (Å²) in [6, 6.07) is 7.89. The van der Waals surface area contributed by atoms with Gasteiger partial charge in [-0.15, -0.1) is 0 Å². The summed E-state index contributed by atoms with van der Waals surface area (Å²) in [5.41, 5.74) is 7.33. The number of sulfonamides is 1. The third-order valence-corrected chi connectivity index (χ3v) is 5.54. The molecule has 1 saturated heterocycles. The van der Waals surface area contributed by atoms with Gasteiger partial charge in [0.05, 0.1) is 5.75 Å². The number of hydrogen-bond donors (Lipinski definition) is 2. The van der Waals surface area contributed by atoms with Crippen LogP contribution in [0.4, 0.5) is 0 Å². The van der Waals surface area contributed by atoms with Crippen LogP contribution in [-0.4, -0.2) is 39.0 Å². The van der Waals surface area contributed by atoms with Crippen LogP contribution < -0.4 is 10.5 Å². The minimum absolute atomic E-state index is 0.0154. The Bertz CT molecular complexity index is 574. The molecular formula is C15H25N3O2S. The monoisotopic (exact) mass is 311 g/mol. The Morgan fingerprint density at radius 3 is 2.76 bits per heavy atom. The number of nitrogens with one attached hydrogen (secondary N) is 1. The van der Waals surface area contributed by atoms with Gasteiger partial charge < -0.3 is 10.6 Å². The van der Waals surface area contributed by atoms with Crippen LogP contribution in [0.5, 0.6) is 0 Å². The van der Waals surface area contributed by atoms with Gasteiger partial charge in [0.25, 0.3) is 0 Å². The number of nitrogens with two attached hydrogens (primary N) is 1. The molecule has 1 heterocycles. The summed E-state index contributed by atoms with van der Waals surface area (Å²) in [5, 5.41) is 0. The van der Waals surface area contributed by atoms with E-state index in [0.29, 0.717) is 12.6 Å². The Labute approximate surface area is 127 Å². The molecule has 2 unspecified atom stereocenters. The normalized spacial score (nSPS) is 24.1. The highest BCUT2D eigenvalue weighted by molar-refractivity contribution is 7.88. The van der Waals surface area contributed by atoms with Crippen LogP contribution in [0.15, 0.2) is 24.3 Å². The number of nitrogens with zero attached hydrogens (tertiary/aromatic N) is 1. The van der Waals surface area contributed by atoms with E-state index in [9.17, 15) is 8.42 Å². The van der Waals surface area contributed by atoms with Gasteiger partial charge in [-0.25, -0.2) is 13.1 Å². The first kappa shape index (κ1) is 16.4. The Morgan fingerprint density at radius 1 is 1.38 bits per heavy atom. The fraction of sp³-hybridized carbons (Fsp3) is 0.600. The highest BCUT2D eigenvalue weighted by Crippen LogP contribution is 2.17. The number of likely N-dealkylation sites (tertiary alicyclic amines) is 1. The smallest absolute Gasteiger partial charge is 0.216 e. The van der Waals surface area contributed by atoms with Gasteiger partial charge in [-0.1, -0.05) is 24.3 Å². The largest absolute Gasteiger partial charge is 0.326 e. The molecule has 6 heteroatoms. The number of hydrogen-bond acceptors (Lipinski definition) is 4. The quantitative estimate of drug-likeness (QED) is 0.852. The summed E-state index contributed by atoms with van der Waals surface area (Å²) in [4.78, 5) is 2.26. The van der Waals surface area contributed by atoms with E-state index in [0.717, 1.165) is 30.5 Å². The molecule has 2 rings (SSSR count). The van der Waals surface area contributed by atoms with Crippen molar-refractivity contribution in [1.29, 1.82) is 0 Å². The van der Waals surface area contributed by atoms with Crippen molar-refractivity contribution >= 4 is 10.0 Å². The van der Waals surface area contributed by atoms with Crippen molar-refractivity contribution < 1.29 is 8.42 Å². The predicted molar refractivity (Wildman–Crippen MR) is 85.2 cm³/mol. The van der Waals surface area contributed by atoms with Crippen molar-refractivity contribution in [3.63, 3.8) is 0 Å². The molecule has 0 radical (unpaired) electrons. The minimum Gasteiger partial charge on any atom is -0.326 e. The average molecular weight is 311 g/mol. The van der Waals surface area contributed by atoms with Crippen LogP contribution in [0.3, 0.4) is 0 Å². The predicted octanol–water partition coefficient (Wildman–Crippen LogP) is 1.05. The molecule has 1 fully saturated rings. The maximum absolute atomic E-state index is 12.3. The Balaban J connectivity index is 1.98. The summed E-state index contributed by atoms with van der Waals surface area (Å²) in [6.07, 6.45) is 1.72. The van der Waals surface area contributed by atoms with Crippen molar-refractivity contribution in [2.45, 2.75) is 44.1 Å². The van der Waals surface area contributed by atoms with E-state index in [1.54, 1.807) is 0 Å². The topological polar surface area (TPSA) is 75.4 Å². The lowest BCUT2D eigenvalue weighted by molar-refractivity contribution is 0.178. The molecule has 1 aliphatic heterocycles. The van der Waals surface area contributed by atoms with E-state index >= 15 is 0 Å². The van der Waals surface area contributed by atoms with Crippen molar-refractivity contribution in [1.82, 2.24) is 9.62 Å². The van der Waals surface area contributed by atoms with Crippen molar-refractivity contribution in [3.05, 3.63) is 35.4 Å². The lowest BCUT2D eigenvalue weighted by Gasteiger charge is -2.35. The Morgan fingerprint density at radius 2 is 2.10 bits per heavy atom. The van der Waals surface area contributed by atoms with Crippen LogP contribution in [0.2, 0.25) is 0 Å². The molecule has 21 heavy (non-hydrogen) atoms. The van der Waals surface area contributed by atoms with Gasteiger partial charge in [0.1, 0.15) is 0 Å². The highest BCUT2D eigenvalue weighted by Gasteiger charge is 2.26. The number of benzene rings is 1.